The predicted octanol–water partition coefficient (Wildman–Crippen LogP) is 4.43. The van der Waals surface area contributed by atoms with Crippen molar-refractivity contribution in [1.82, 2.24) is 4.98 Å². The van der Waals surface area contributed by atoms with E-state index >= 15 is 0 Å². The highest BCUT2D eigenvalue weighted by Gasteiger charge is 2.27. The lowest BCUT2D eigenvalue weighted by molar-refractivity contribution is 0.0134. The molecule has 0 fully saturated rings. The van der Waals surface area contributed by atoms with Gasteiger partial charge in [-0.2, -0.15) is 0 Å². The lowest BCUT2D eigenvalue weighted by atomic mass is 9.84. The summed E-state index contributed by atoms with van der Waals surface area (Å²) in [5.41, 5.74) is 0.387. The van der Waals surface area contributed by atoms with Crippen LogP contribution in [-0.2, 0) is 5.60 Å². The summed E-state index contributed by atoms with van der Waals surface area (Å²) >= 11 is 0. The Morgan fingerprint density at radius 1 is 0.944 bits per heavy atom. The number of nitrogens with zero attached hydrogens (tertiary/aromatic N) is 1. The van der Waals surface area contributed by atoms with Crippen molar-refractivity contribution in [2.45, 2.75) is 70.8 Å². The molecule has 102 valence electrons. The monoisotopic (exact) mass is 249 g/mol. The van der Waals surface area contributed by atoms with E-state index in [0.717, 1.165) is 31.2 Å². The molecule has 18 heavy (non-hydrogen) atoms. The largest absolute Gasteiger partial charge is 0.385 e. The van der Waals surface area contributed by atoms with E-state index in [2.05, 4.69) is 18.8 Å². The summed E-state index contributed by atoms with van der Waals surface area (Å²) in [6, 6.07) is 3.91. The molecule has 1 aromatic rings. The summed E-state index contributed by atoms with van der Waals surface area (Å²) in [5.74, 6) is 0. The van der Waals surface area contributed by atoms with Gasteiger partial charge in [0.25, 0.3) is 0 Å². The van der Waals surface area contributed by atoms with Crippen LogP contribution in [0.1, 0.15) is 70.8 Å². The summed E-state index contributed by atoms with van der Waals surface area (Å²) in [6.45, 7) is 4.39. The van der Waals surface area contributed by atoms with Crippen molar-refractivity contribution in [3.63, 3.8) is 0 Å². The molecule has 2 heteroatoms. The smallest absolute Gasteiger partial charge is 0.0897 e. The molecular weight excluding hydrogens is 222 g/mol. The maximum atomic E-state index is 10.9. The number of hydrogen-bond acceptors (Lipinski definition) is 2. The first-order chi connectivity index (χ1) is 8.73. The highest BCUT2D eigenvalue weighted by molar-refractivity contribution is 5.18. The number of rotatable bonds is 9. The van der Waals surface area contributed by atoms with Gasteiger partial charge in [-0.15, -0.1) is 0 Å². The number of aromatic nitrogens is 1. The van der Waals surface area contributed by atoms with Crippen molar-refractivity contribution >= 4 is 0 Å². The van der Waals surface area contributed by atoms with Gasteiger partial charge in [0, 0.05) is 12.4 Å². The Bertz CT molecular complexity index is 300. The molecule has 1 rings (SSSR count). The van der Waals surface area contributed by atoms with Crippen LogP contribution in [0.25, 0.3) is 0 Å². The van der Waals surface area contributed by atoms with Crippen LogP contribution >= 0.6 is 0 Å². The fourth-order valence-corrected chi connectivity index (χ4v) is 2.41. The maximum absolute atomic E-state index is 10.9. The molecule has 1 N–H and O–H groups in total. The Morgan fingerprint density at radius 2 is 1.44 bits per heavy atom. The molecule has 0 atom stereocenters. The van der Waals surface area contributed by atoms with Crippen molar-refractivity contribution in [3.8, 4) is 0 Å². The van der Waals surface area contributed by atoms with E-state index in [1.165, 1.54) is 25.7 Å². The molecule has 0 aliphatic heterocycles. The Hall–Kier alpha value is -0.890. The van der Waals surface area contributed by atoms with Gasteiger partial charge in [-0.25, -0.2) is 0 Å². The lowest BCUT2D eigenvalue weighted by Gasteiger charge is -2.29. The normalized spacial score (nSPS) is 11.7. The molecule has 1 heterocycles. The van der Waals surface area contributed by atoms with Crippen LogP contribution in [0.5, 0.6) is 0 Å². The Balaban J connectivity index is 2.67. The van der Waals surface area contributed by atoms with E-state index in [1.54, 1.807) is 12.4 Å². The highest BCUT2D eigenvalue weighted by atomic mass is 16.3. The molecule has 0 aliphatic rings. The quantitative estimate of drug-likeness (QED) is 0.657. The molecule has 2 nitrogen and oxygen atoms in total. The van der Waals surface area contributed by atoms with E-state index in [0.29, 0.717) is 0 Å². The minimum absolute atomic E-state index is 0.646. The second-order valence-electron chi connectivity index (χ2n) is 5.18. The van der Waals surface area contributed by atoms with Gasteiger partial charge in [0.15, 0.2) is 0 Å². The Morgan fingerprint density at radius 3 is 1.89 bits per heavy atom. The number of unbranched alkanes of at least 4 members (excludes halogenated alkanes) is 4. The zero-order valence-corrected chi connectivity index (χ0v) is 11.9. The third-order valence-corrected chi connectivity index (χ3v) is 3.61. The molecule has 0 bridgehead atoms. The lowest BCUT2D eigenvalue weighted by Crippen LogP contribution is -2.25. The Labute approximate surface area is 111 Å². The Kier molecular flexibility index (Phi) is 6.96. The topological polar surface area (TPSA) is 33.1 Å². The summed E-state index contributed by atoms with van der Waals surface area (Å²) in [4.78, 5) is 4.04. The summed E-state index contributed by atoms with van der Waals surface area (Å²) in [7, 11) is 0. The van der Waals surface area contributed by atoms with Crippen molar-refractivity contribution in [3.05, 3.63) is 30.1 Å². The van der Waals surface area contributed by atoms with Crippen molar-refractivity contribution in [2.75, 3.05) is 0 Å². The average molecular weight is 249 g/mol. The van der Waals surface area contributed by atoms with Crippen molar-refractivity contribution in [2.24, 2.45) is 0 Å². The van der Waals surface area contributed by atoms with Crippen LogP contribution in [0, 0.1) is 0 Å². The van der Waals surface area contributed by atoms with Gasteiger partial charge >= 0.3 is 0 Å². The van der Waals surface area contributed by atoms with E-state index in [4.69, 9.17) is 0 Å². The molecule has 0 saturated heterocycles. The second kappa shape index (κ2) is 8.25. The minimum Gasteiger partial charge on any atom is -0.385 e. The van der Waals surface area contributed by atoms with Crippen molar-refractivity contribution < 1.29 is 5.11 Å². The van der Waals surface area contributed by atoms with Gasteiger partial charge < -0.3 is 5.11 Å². The first kappa shape index (κ1) is 15.2. The summed E-state index contributed by atoms with van der Waals surface area (Å²) in [6.07, 6.45) is 12.3. The van der Waals surface area contributed by atoms with Gasteiger partial charge in [-0.1, -0.05) is 52.4 Å². The maximum Gasteiger partial charge on any atom is 0.0897 e. The minimum atomic E-state index is -0.646. The zero-order valence-electron chi connectivity index (χ0n) is 11.9. The van der Waals surface area contributed by atoms with Gasteiger partial charge in [0.05, 0.1) is 5.60 Å². The molecule has 0 unspecified atom stereocenters. The molecular formula is C16H27NO. The highest BCUT2D eigenvalue weighted by Crippen LogP contribution is 2.32. The van der Waals surface area contributed by atoms with E-state index in [-0.39, 0.29) is 0 Å². The van der Waals surface area contributed by atoms with Crippen molar-refractivity contribution in [1.29, 1.82) is 0 Å². The number of aliphatic hydroxyl groups is 1. The second-order valence-corrected chi connectivity index (χ2v) is 5.18. The first-order valence-corrected chi connectivity index (χ1v) is 7.36. The molecule has 0 radical (unpaired) electrons. The molecule has 0 aromatic carbocycles. The van der Waals surface area contributed by atoms with E-state index in [9.17, 15) is 5.11 Å². The van der Waals surface area contributed by atoms with Crippen LogP contribution < -0.4 is 0 Å². The summed E-state index contributed by atoms with van der Waals surface area (Å²) < 4.78 is 0. The fourth-order valence-electron chi connectivity index (χ4n) is 2.41. The third-order valence-electron chi connectivity index (χ3n) is 3.61. The van der Waals surface area contributed by atoms with E-state index in [1.807, 2.05) is 12.1 Å². The summed E-state index contributed by atoms with van der Waals surface area (Å²) in [5, 5.41) is 10.9. The third kappa shape index (κ3) is 4.77. The fraction of sp³-hybridized carbons (Fsp3) is 0.688. The molecule has 0 spiro atoms. The van der Waals surface area contributed by atoms with Crippen LogP contribution in [0.4, 0.5) is 0 Å². The van der Waals surface area contributed by atoms with Gasteiger partial charge in [-0.05, 0) is 30.5 Å². The first-order valence-electron chi connectivity index (χ1n) is 7.36. The average Bonchev–Trinajstić information content (AvgIpc) is 2.40. The number of pyridine rings is 1. The van der Waals surface area contributed by atoms with Crippen LogP contribution in [0.15, 0.2) is 24.5 Å². The molecule has 0 amide bonds. The van der Waals surface area contributed by atoms with Gasteiger partial charge in [-0.3, -0.25) is 4.98 Å². The SMILES string of the molecule is CCCCCC(O)(CCCCC)c1ccncc1. The zero-order chi connectivity index (χ0) is 13.3. The molecule has 1 aromatic heterocycles. The number of hydrogen-bond donors (Lipinski definition) is 1. The standard InChI is InChI=1S/C16H27NO/c1-3-5-7-11-16(18,12-8-6-4-2)15-9-13-17-14-10-15/h9-10,13-14,18H,3-8,11-12H2,1-2H3. The van der Waals surface area contributed by atoms with Gasteiger partial charge in [0.2, 0.25) is 0 Å². The van der Waals surface area contributed by atoms with Gasteiger partial charge in [0.1, 0.15) is 0 Å². The van der Waals surface area contributed by atoms with E-state index < -0.39 is 5.60 Å². The predicted molar refractivity (Wildman–Crippen MR) is 76.4 cm³/mol. The van der Waals surface area contributed by atoms with Crippen LogP contribution in [0.2, 0.25) is 0 Å². The molecule has 0 saturated carbocycles. The van der Waals surface area contributed by atoms with Crippen LogP contribution in [-0.4, -0.2) is 10.1 Å². The molecule has 0 aliphatic carbocycles. The van der Waals surface area contributed by atoms with Crippen LogP contribution in [0.3, 0.4) is 0 Å².